The number of hydrazone groups is 1. The number of methoxy groups -OCH3 is 1. The first-order valence-corrected chi connectivity index (χ1v) is 6.74. The van der Waals surface area contributed by atoms with Gasteiger partial charge in [-0.3, -0.25) is 14.9 Å². The molecule has 2 aromatic rings. The third-order valence-electron chi connectivity index (χ3n) is 3.09. The predicted molar refractivity (Wildman–Crippen MR) is 85.9 cm³/mol. The van der Waals surface area contributed by atoms with Crippen LogP contribution in [0.5, 0.6) is 5.75 Å². The van der Waals surface area contributed by atoms with Crippen LogP contribution in [0.2, 0.25) is 0 Å². The maximum absolute atomic E-state index is 11.9. The largest absolute Gasteiger partial charge is 0.490 e. The van der Waals surface area contributed by atoms with E-state index in [0.29, 0.717) is 11.1 Å². The van der Waals surface area contributed by atoms with Gasteiger partial charge in [-0.1, -0.05) is 17.7 Å². The Hall–Kier alpha value is -3.22. The van der Waals surface area contributed by atoms with Crippen molar-refractivity contribution in [3.63, 3.8) is 0 Å². The maximum Gasteiger partial charge on any atom is 0.311 e. The van der Waals surface area contributed by atoms with Gasteiger partial charge in [-0.15, -0.1) is 0 Å². The number of hydrogen-bond acceptors (Lipinski definition) is 5. The number of carbonyl (C=O) groups is 1. The van der Waals surface area contributed by atoms with E-state index in [-0.39, 0.29) is 17.3 Å². The van der Waals surface area contributed by atoms with Gasteiger partial charge in [-0.05, 0) is 31.2 Å². The van der Waals surface area contributed by atoms with E-state index in [1.807, 2.05) is 19.1 Å². The first-order valence-electron chi connectivity index (χ1n) is 6.74. The highest BCUT2D eigenvalue weighted by Gasteiger charge is 2.14. The van der Waals surface area contributed by atoms with Crippen molar-refractivity contribution in [2.75, 3.05) is 7.11 Å². The summed E-state index contributed by atoms with van der Waals surface area (Å²) in [5, 5.41) is 14.7. The van der Waals surface area contributed by atoms with Gasteiger partial charge in [0.25, 0.3) is 5.91 Å². The lowest BCUT2D eigenvalue weighted by Gasteiger charge is -2.02. The van der Waals surface area contributed by atoms with Crippen LogP contribution in [-0.2, 0) is 0 Å². The van der Waals surface area contributed by atoms with E-state index in [1.165, 1.54) is 25.5 Å². The zero-order valence-electron chi connectivity index (χ0n) is 12.6. The summed E-state index contributed by atoms with van der Waals surface area (Å²) in [5.41, 5.74) is 4.21. The Balaban J connectivity index is 2.08. The number of nitrogens with zero attached hydrogens (tertiary/aromatic N) is 2. The topological polar surface area (TPSA) is 93.8 Å². The van der Waals surface area contributed by atoms with Crippen molar-refractivity contribution in [2.45, 2.75) is 6.92 Å². The number of nitrogens with one attached hydrogen (secondary N) is 1. The number of aryl methyl sites for hydroxylation is 1. The normalized spacial score (nSPS) is 10.5. The summed E-state index contributed by atoms with van der Waals surface area (Å²) < 4.78 is 4.92. The first kappa shape index (κ1) is 16.2. The third kappa shape index (κ3) is 4.13. The molecule has 2 rings (SSSR count). The Kier molecular flexibility index (Phi) is 5.03. The molecular weight excluding hydrogens is 298 g/mol. The number of nitro benzene ring substituents is 1. The molecule has 118 valence electrons. The van der Waals surface area contributed by atoms with E-state index in [4.69, 9.17) is 4.74 Å². The Bertz CT molecular complexity index is 754. The minimum Gasteiger partial charge on any atom is -0.490 e. The van der Waals surface area contributed by atoms with Crippen LogP contribution in [0, 0.1) is 17.0 Å². The summed E-state index contributed by atoms with van der Waals surface area (Å²) >= 11 is 0. The van der Waals surface area contributed by atoms with Gasteiger partial charge in [0.1, 0.15) is 0 Å². The number of ether oxygens (including phenoxy) is 1. The van der Waals surface area contributed by atoms with Gasteiger partial charge in [0.2, 0.25) is 0 Å². The molecular formula is C16H15N3O4. The van der Waals surface area contributed by atoms with Crippen LogP contribution in [0.4, 0.5) is 5.69 Å². The lowest BCUT2D eigenvalue weighted by Crippen LogP contribution is -2.17. The Morgan fingerprint density at radius 1 is 1.26 bits per heavy atom. The highest BCUT2D eigenvalue weighted by Crippen LogP contribution is 2.26. The van der Waals surface area contributed by atoms with E-state index in [1.54, 1.807) is 18.2 Å². The average molecular weight is 313 g/mol. The monoisotopic (exact) mass is 313 g/mol. The number of nitro groups is 1. The Labute approximate surface area is 132 Å². The van der Waals surface area contributed by atoms with Crippen LogP contribution in [0.3, 0.4) is 0 Å². The molecule has 0 spiro atoms. The van der Waals surface area contributed by atoms with Crippen LogP contribution in [0.15, 0.2) is 47.6 Å². The molecule has 1 amide bonds. The van der Waals surface area contributed by atoms with Crippen molar-refractivity contribution in [3.05, 3.63) is 69.3 Å². The smallest absolute Gasteiger partial charge is 0.311 e. The molecule has 0 heterocycles. The fraction of sp³-hybridized carbons (Fsp3) is 0.125. The lowest BCUT2D eigenvalue weighted by molar-refractivity contribution is -0.385. The number of carbonyl (C=O) groups excluding carboxylic acids is 1. The molecule has 7 heteroatoms. The number of rotatable bonds is 5. The molecule has 0 aliphatic rings. The summed E-state index contributed by atoms with van der Waals surface area (Å²) in [4.78, 5) is 22.3. The zero-order chi connectivity index (χ0) is 16.8. The van der Waals surface area contributed by atoms with E-state index in [0.717, 1.165) is 5.56 Å². The Morgan fingerprint density at radius 3 is 2.57 bits per heavy atom. The predicted octanol–water partition coefficient (Wildman–Crippen LogP) is 2.68. The third-order valence-corrected chi connectivity index (χ3v) is 3.09. The molecule has 2 aromatic carbocycles. The number of hydrogen-bond donors (Lipinski definition) is 1. The number of benzene rings is 2. The van der Waals surface area contributed by atoms with Gasteiger partial charge in [-0.25, -0.2) is 5.43 Å². The average Bonchev–Trinajstić information content (AvgIpc) is 2.55. The molecule has 0 radical (unpaired) electrons. The molecule has 0 aliphatic heterocycles. The molecule has 23 heavy (non-hydrogen) atoms. The van der Waals surface area contributed by atoms with Crippen molar-refractivity contribution < 1.29 is 14.5 Å². The van der Waals surface area contributed by atoms with Crippen LogP contribution in [0.25, 0.3) is 0 Å². The second-order valence-corrected chi connectivity index (χ2v) is 4.75. The fourth-order valence-electron chi connectivity index (χ4n) is 1.86. The van der Waals surface area contributed by atoms with Crippen LogP contribution < -0.4 is 10.2 Å². The lowest BCUT2D eigenvalue weighted by atomic mass is 10.1. The van der Waals surface area contributed by atoms with Gasteiger partial charge in [0.05, 0.1) is 18.2 Å². The van der Waals surface area contributed by atoms with Gasteiger partial charge in [0.15, 0.2) is 5.75 Å². The molecule has 0 saturated heterocycles. The molecule has 0 aromatic heterocycles. The second kappa shape index (κ2) is 7.17. The first-order chi connectivity index (χ1) is 11.0. The summed E-state index contributed by atoms with van der Waals surface area (Å²) in [6.45, 7) is 1.93. The molecule has 0 bridgehead atoms. The van der Waals surface area contributed by atoms with Crippen LogP contribution in [0.1, 0.15) is 21.5 Å². The minimum atomic E-state index is -0.541. The van der Waals surface area contributed by atoms with Crippen molar-refractivity contribution >= 4 is 17.8 Å². The molecule has 0 aliphatic carbocycles. The van der Waals surface area contributed by atoms with Gasteiger partial charge < -0.3 is 4.74 Å². The molecule has 0 fully saturated rings. The molecule has 0 unspecified atom stereocenters. The van der Waals surface area contributed by atoms with Gasteiger partial charge in [0, 0.05) is 17.2 Å². The quantitative estimate of drug-likeness (QED) is 0.521. The molecule has 1 N–H and O–H groups in total. The second-order valence-electron chi connectivity index (χ2n) is 4.75. The highest BCUT2D eigenvalue weighted by atomic mass is 16.6. The van der Waals surface area contributed by atoms with E-state index in [2.05, 4.69) is 10.5 Å². The fourth-order valence-corrected chi connectivity index (χ4v) is 1.86. The van der Waals surface area contributed by atoms with Crippen molar-refractivity contribution in [2.24, 2.45) is 5.10 Å². The van der Waals surface area contributed by atoms with Crippen molar-refractivity contribution in [3.8, 4) is 5.75 Å². The summed E-state index contributed by atoms with van der Waals surface area (Å²) in [6.07, 6.45) is 1.33. The molecule has 7 nitrogen and oxygen atoms in total. The van der Waals surface area contributed by atoms with Crippen LogP contribution >= 0.6 is 0 Å². The minimum absolute atomic E-state index is 0.163. The van der Waals surface area contributed by atoms with E-state index >= 15 is 0 Å². The number of amides is 1. The highest BCUT2D eigenvalue weighted by molar-refractivity contribution is 5.95. The summed E-state index contributed by atoms with van der Waals surface area (Å²) in [7, 11) is 1.36. The van der Waals surface area contributed by atoms with E-state index in [9.17, 15) is 14.9 Å². The zero-order valence-corrected chi connectivity index (χ0v) is 12.6. The van der Waals surface area contributed by atoms with Crippen molar-refractivity contribution in [1.82, 2.24) is 5.43 Å². The summed E-state index contributed by atoms with van der Waals surface area (Å²) in [5.74, 6) is -0.194. The SMILES string of the molecule is COc1ccc(/C=N\NC(=O)c2ccc(C)cc2)cc1[N+](=O)[O-]. The van der Waals surface area contributed by atoms with Gasteiger partial charge >= 0.3 is 5.69 Å². The molecule has 0 saturated carbocycles. The van der Waals surface area contributed by atoms with Gasteiger partial charge in [-0.2, -0.15) is 5.10 Å². The standard InChI is InChI=1S/C16H15N3O4/c1-11-3-6-13(7-4-11)16(20)18-17-10-12-5-8-15(23-2)14(9-12)19(21)22/h3-10H,1-2H3,(H,18,20)/b17-10-. The molecule has 0 atom stereocenters. The maximum atomic E-state index is 11.9. The Morgan fingerprint density at radius 2 is 1.96 bits per heavy atom. The van der Waals surface area contributed by atoms with Crippen LogP contribution in [-0.4, -0.2) is 24.2 Å². The van der Waals surface area contributed by atoms with E-state index < -0.39 is 4.92 Å². The van der Waals surface area contributed by atoms with Crippen molar-refractivity contribution in [1.29, 1.82) is 0 Å². The summed E-state index contributed by atoms with van der Waals surface area (Å²) in [6, 6.07) is 11.4.